The predicted octanol–water partition coefficient (Wildman–Crippen LogP) is 4.62. The average Bonchev–Trinajstić information content (AvgIpc) is 3.07. The van der Waals surface area contributed by atoms with E-state index in [1.807, 2.05) is 6.07 Å². The third kappa shape index (κ3) is 4.41. The Morgan fingerprint density at radius 3 is 2.48 bits per heavy atom. The molecule has 0 radical (unpaired) electrons. The summed E-state index contributed by atoms with van der Waals surface area (Å²) in [7, 11) is -0.763. The molecule has 3 aromatic carbocycles. The first-order chi connectivity index (χ1) is 15.8. The minimum Gasteiger partial charge on any atom is -0.497 e. The largest absolute Gasteiger partial charge is 0.497 e. The molecule has 0 spiro atoms. The van der Waals surface area contributed by atoms with E-state index in [1.54, 1.807) is 49.5 Å². The van der Waals surface area contributed by atoms with E-state index in [0.29, 0.717) is 16.8 Å². The molecule has 0 bridgehead atoms. The molecule has 0 fully saturated rings. The number of sulfonamides is 1. The summed E-state index contributed by atoms with van der Waals surface area (Å²) in [6.07, 6.45) is 0. The van der Waals surface area contributed by atoms with Crippen LogP contribution in [0.3, 0.4) is 0 Å². The van der Waals surface area contributed by atoms with Crippen molar-refractivity contribution in [3.8, 4) is 11.6 Å². The highest BCUT2D eigenvalue weighted by atomic mass is 32.2. The summed E-state index contributed by atoms with van der Waals surface area (Å²) >= 11 is 0. The molecule has 1 aromatic heterocycles. The number of hydrogen-bond donors (Lipinski definition) is 2. The van der Waals surface area contributed by atoms with Gasteiger partial charge in [-0.1, -0.05) is 24.3 Å². The van der Waals surface area contributed by atoms with Crippen LogP contribution in [0.15, 0.2) is 87.9 Å². The van der Waals surface area contributed by atoms with Gasteiger partial charge in [0.1, 0.15) is 5.75 Å². The number of aromatic hydroxyl groups is 1. The number of nitrogens with one attached hydrogen (secondary N) is 1. The lowest BCUT2D eigenvalue weighted by atomic mass is 10.2. The fourth-order valence-electron chi connectivity index (χ4n) is 3.28. The van der Waals surface area contributed by atoms with Crippen LogP contribution < -0.4 is 9.46 Å². The molecule has 0 aliphatic heterocycles. The molecular weight excluding hydrogens is 444 g/mol. The first-order valence-electron chi connectivity index (χ1n) is 9.79. The van der Waals surface area contributed by atoms with E-state index in [1.165, 1.54) is 35.9 Å². The van der Waals surface area contributed by atoms with Gasteiger partial charge in [0.2, 0.25) is 5.88 Å². The van der Waals surface area contributed by atoms with Gasteiger partial charge in [-0.05, 0) is 48.5 Å². The summed E-state index contributed by atoms with van der Waals surface area (Å²) < 4.78 is 34.6. The lowest BCUT2D eigenvalue weighted by Crippen LogP contribution is -2.13. The number of ether oxygens (including phenoxy) is 1. The smallest absolute Gasteiger partial charge is 0.295 e. The van der Waals surface area contributed by atoms with Crippen LogP contribution >= 0.6 is 0 Å². The highest BCUT2D eigenvalue weighted by Gasteiger charge is 2.18. The molecule has 0 atom stereocenters. The molecule has 9 nitrogen and oxygen atoms in total. The molecule has 0 aliphatic carbocycles. The minimum atomic E-state index is -3.95. The number of carbonyl (C=O) groups is 1. The van der Waals surface area contributed by atoms with E-state index in [0.717, 1.165) is 5.52 Å². The van der Waals surface area contributed by atoms with Gasteiger partial charge >= 0.3 is 0 Å². The quantitative estimate of drug-likeness (QED) is 0.403. The van der Waals surface area contributed by atoms with Crippen LogP contribution in [0.5, 0.6) is 11.6 Å². The van der Waals surface area contributed by atoms with Gasteiger partial charge in [-0.15, -0.1) is 10.2 Å². The molecule has 10 heteroatoms. The standard InChI is InChI=1S/C23H20N4O5S/c1-27-20-9-4-3-8-19(20)21(23(27)29)24-25-22(28)15-6-5-7-18(14-15)33(30,31)26-16-10-12-17(32-2)13-11-16/h3-14,26,29H,1-2H3. The Morgan fingerprint density at radius 2 is 1.76 bits per heavy atom. The molecule has 0 unspecified atom stereocenters. The maximum atomic E-state index is 12.8. The number of carbonyl (C=O) groups excluding carboxylic acids is 1. The number of fused-ring (bicyclic) bond motifs is 1. The predicted molar refractivity (Wildman–Crippen MR) is 124 cm³/mol. The van der Waals surface area contributed by atoms with E-state index in [-0.39, 0.29) is 22.0 Å². The normalized spacial score (nSPS) is 11.7. The number of nitrogens with zero attached hydrogens (tertiary/aromatic N) is 3. The van der Waals surface area contributed by atoms with E-state index in [4.69, 9.17) is 4.74 Å². The van der Waals surface area contributed by atoms with Gasteiger partial charge in [-0.25, -0.2) is 8.42 Å². The Labute approximate surface area is 190 Å². The van der Waals surface area contributed by atoms with Crippen molar-refractivity contribution in [2.24, 2.45) is 17.3 Å². The fraction of sp³-hybridized carbons (Fsp3) is 0.0870. The average molecular weight is 465 g/mol. The minimum absolute atomic E-state index is 0.0380. The Balaban J connectivity index is 1.58. The van der Waals surface area contributed by atoms with Gasteiger partial charge in [0.15, 0.2) is 5.69 Å². The second kappa shape index (κ2) is 8.75. The van der Waals surface area contributed by atoms with Crippen LogP contribution in [0.25, 0.3) is 10.9 Å². The third-order valence-electron chi connectivity index (χ3n) is 5.02. The van der Waals surface area contributed by atoms with E-state index in [9.17, 15) is 18.3 Å². The second-order valence-electron chi connectivity index (χ2n) is 7.12. The van der Waals surface area contributed by atoms with Gasteiger partial charge in [-0.3, -0.25) is 9.52 Å². The maximum Gasteiger partial charge on any atom is 0.295 e. The number of aromatic nitrogens is 1. The Kier molecular flexibility index (Phi) is 5.84. The number of para-hydroxylation sites is 1. The van der Waals surface area contributed by atoms with Gasteiger partial charge in [-0.2, -0.15) is 0 Å². The number of azo groups is 1. The molecule has 2 N–H and O–H groups in total. The highest BCUT2D eigenvalue weighted by Crippen LogP contribution is 2.37. The van der Waals surface area contributed by atoms with Crippen molar-refractivity contribution in [1.29, 1.82) is 0 Å². The zero-order valence-corrected chi connectivity index (χ0v) is 18.6. The summed E-state index contributed by atoms with van der Waals surface area (Å²) in [5, 5.41) is 18.6. The van der Waals surface area contributed by atoms with E-state index < -0.39 is 15.9 Å². The van der Waals surface area contributed by atoms with Crippen molar-refractivity contribution < 1.29 is 23.1 Å². The SMILES string of the molecule is COc1ccc(NS(=O)(=O)c2cccc(C(=O)N=Nc3c(O)n(C)c4ccccc34)c2)cc1. The highest BCUT2D eigenvalue weighted by molar-refractivity contribution is 7.92. The number of aryl methyl sites for hydroxylation is 1. The zero-order valence-electron chi connectivity index (χ0n) is 17.8. The topological polar surface area (TPSA) is 122 Å². The maximum absolute atomic E-state index is 12.8. The van der Waals surface area contributed by atoms with Gasteiger partial charge in [0.05, 0.1) is 17.5 Å². The lowest BCUT2D eigenvalue weighted by Gasteiger charge is -2.09. The molecule has 168 valence electrons. The molecule has 1 amide bonds. The van der Waals surface area contributed by atoms with Crippen LogP contribution in [-0.2, 0) is 17.1 Å². The number of amides is 1. The van der Waals surface area contributed by atoms with Crippen molar-refractivity contribution >= 4 is 38.2 Å². The van der Waals surface area contributed by atoms with E-state index >= 15 is 0 Å². The van der Waals surface area contributed by atoms with Gasteiger partial charge in [0, 0.05) is 23.7 Å². The van der Waals surface area contributed by atoms with Crippen LogP contribution in [0.2, 0.25) is 0 Å². The number of methoxy groups -OCH3 is 1. The Hall–Kier alpha value is -4.18. The fourth-order valence-corrected chi connectivity index (χ4v) is 4.38. The lowest BCUT2D eigenvalue weighted by molar-refractivity contribution is 0.0995. The number of rotatable bonds is 6. The summed E-state index contributed by atoms with van der Waals surface area (Å²) in [5.41, 5.74) is 1.27. The molecule has 33 heavy (non-hydrogen) atoms. The third-order valence-corrected chi connectivity index (χ3v) is 6.40. The Bertz CT molecular complexity index is 1470. The van der Waals surface area contributed by atoms with Crippen LogP contribution in [0.1, 0.15) is 10.4 Å². The molecule has 0 saturated heterocycles. The van der Waals surface area contributed by atoms with Gasteiger partial charge < -0.3 is 14.4 Å². The van der Waals surface area contributed by atoms with Crippen LogP contribution in [-0.4, -0.2) is 31.1 Å². The summed E-state index contributed by atoms with van der Waals surface area (Å²) in [6.45, 7) is 0. The second-order valence-corrected chi connectivity index (χ2v) is 8.80. The monoisotopic (exact) mass is 464 g/mol. The number of hydrogen-bond acceptors (Lipinski definition) is 6. The molecule has 0 saturated carbocycles. The molecule has 4 aromatic rings. The summed E-state index contributed by atoms with van der Waals surface area (Å²) in [4.78, 5) is 12.5. The first-order valence-corrected chi connectivity index (χ1v) is 11.3. The van der Waals surface area contributed by atoms with Crippen molar-refractivity contribution in [2.75, 3.05) is 11.8 Å². The van der Waals surface area contributed by atoms with Crippen molar-refractivity contribution in [1.82, 2.24) is 4.57 Å². The van der Waals surface area contributed by atoms with Gasteiger partial charge in [0.25, 0.3) is 15.9 Å². The van der Waals surface area contributed by atoms with E-state index in [2.05, 4.69) is 15.0 Å². The van der Waals surface area contributed by atoms with Crippen molar-refractivity contribution in [2.45, 2.75) is 4.90 Å². The first kappa shape index (κ1) is 22.0. The zero-order chi connectivity index (χ0) is 23.6. The van der Waals surface area contributed by atoms with Crippen LogP contribution in [0.4, 0.5) is 11.4 Å². The van der Waals surface area contributed by atoms with Crippen molar-refractivity contribution in [3.63, 3.8) is 0 Å². The summed E-state index contributed by atoms with van der Waals surface area (Å²) in [5.74, 6) is -0.287. The number of anilines is 1. The molecular formula is C23H20N4O5S. The molecule has 0 aliphatic rings. The number of benzene rings is 3. The van der Waals surface area contributed by atoms with Crippen LogP contribution in [0, 0.1) is 0 Å². The molecule has 4 rings (SSSR count). The Morgan fingerprint density at radius 1 is 1.03 bits per heavy atom. The van der Waals surface area contributed by atoms with Crippen molar-refractivity contribution in [3.05, 3.63) is 78.4 Å². The molecule has 1 heterocycles. The summed E-state index contributed by atoms with van der Waals surface area (Å²) in [6, 6.07) is 19.0.